The lowest BCUT2D eigenvalue weighted by Crippen LogP contribution is -2.30. The minimum absolute atomic E-state index is 0.468. The molecule has 1 saturated carbocycles. The lowest BCUT2D eigenvalue weighted by molar-refractivity contribution is 0.281. The number of nitrogens with zero attached hydrogens (tertiary/aromatic N) is 1. The van der Waals surface area contributed by atoms with Crippen LogP contribution in [0.5, 0.6) is 0 Å². The summed E-state index contributed by atoms with van der Waals surface area (Å²) in [4.78, 5) is 0. The lowest BCUT2D eigenvalue weighted by Gasteiger charge is -2.32. The minimum atomic E-state index is 0.468. The summed E-state index contributed by atoms with van der Waals surface area (Å²) in [6.07, 6.45) is 3.67. The number of nitrogens with one attached hydrogen (secondary N) is 1. The zero-order valence-corrected chi connectivity index (χ0v) is 11.7. The fourth-order valence-electron chi connectivity index (χ4n) is 2.99. The van der Waals surface area contributed by atoms with Crippen LogP contribution < -0.4 is 5.32 Å². The van der Waals surface area contributed by atoms with Crippen LogP contribution >= 0.6 is 11.6 Å². The average molecular weight is 263 g/mol. The molecule has 2 nitrogen and oxygen atoms in total. The zero-order valence-electron chi connectivity index (χ0n) is 10.9. The number of hydrogen-bond donors (Lipinski definition) is 1. The predicted molar refractivity (Wildman–Crippen MR) is 75.8 cm³/mol. The second-order valence-corrected chi connectivity index (χ2v) is 5.97. The van der Waals surface area contributed by atoms with Crippen molar-refractivity contribution in [3.05, 3.63) is 28.8 Å². The highest BCUT2D eigenvalue weighted by Crippen LogP contribution is 2.32. The van der Waals surface area contributed by atoms with E-state index < -0.39 is 0 Å². The van der Waals surface area contributed by atoms with Crippen LogP contribution in [-0.2, 0) is 0 Å². The quantitative estimate of drug-likeness (QED) is 0.855. The Balaban J connectivity index is 2.11. The normalized spacial score (nSPS) is 27.6. The summed E-state index contributed by atoms with van der Waals surface area (Å²) in [5.74, 6) is 1.51. The van der Waals surface area contributed by atoms with Crippen molar-refractivity contribution in [3.63, 3.8) is 0 Å². The summed E-state index contributed by atoms with van der Waals surface area (Å²) in [7, 11) is 0. The van der Waals surface area contributed by atoms with E-state index in [4.69, 9.17) is 16.9 Å². The van der Waals surface area contributed by atoms with Crippen LogP contribution in [0, 0.1) is 23.2 Å². The van der Waals surface area contributed by atoms with E-state index in [0.717, 1.165) is 17.5 Å². The van der Waals surface area contributed by atoms with Gasteiger partial charge in [0.2, 0.25) is 0 Å². The van der Waals surface area contributed by atoms with Crippen LogP contribution in [0.3, 0.4) is 0 Å². The summed E-state index contributed by atoms with van der Waals surface area (Å²) in [5.41, 5.74) is 1.54. The van der Waals surface area contributed by atoms with Gasteiger partial charge in [-0.05, 0) is 49.3 Å². The van der Waals surface area contributed by atoms with E-state index in [-0.39, 0.29) is 0 Å². The third-order valence-corrected chi connectivity index (χ3v) is 3.96. The van der Waals surface area contributed by atoms with E-state index in [1.54, 1.807) is 12.1 Å². The van der Waals surface area contributed by atoms with Crippen molar-refractivity contribution in [3.8, 4) is 6.07 Å². The second-order valence-electron chi connectivity index (χ2n) is 5.57. The van der Waals surface area contributed by atoms with Gasteiger partial charge in [0.25, 0.3) is 0 Å². The van der Waals surface area contributed by atoms with Gasteiger partial charge in [0.05, 0.1) is 22.3 Å². The van der Waals surface area contributed by atoms with Gasteiger partial charge in [-0.25, -0.2) is 0 Å². The van der Waals surface area contributed by atoms with Gasteiger partial charge in [0, 0.05) is 6.04 Å². The van der Waals surface area contributed by atoms with Gasteiger partial charge in [-0.1, -0.05) is 25.4 Å². The minimum Gasteiger partial charge on any atom is -0.381 e. The van der Waals surface area contributed by atoms with Gasteiger partial charge >= 0.3 is 0 Å². The Hall–Kier alpha value is -1.20. The Bertz CT molecular complexity index is 454. The fourth-order valence-corrected chi connectivity index (χ4v) is 3.16. The van der Waals surface area contributed by atoms with Crippen molar-refractivity contribution in [2.75, 3.05) is 5.32 Å². The molecule has 1 N–H and O–H groups in total. The summed E-state index contributed by atoms with van der Waals surface area (Å²) >= 11 is 6.17. The van der Waals surface area contributed by atoms with Gasteiger partial charge in [0.15, 0.2) is 0 Å². The first-order chi connectivity index (χ1) is 8.58. The standard InChI is InChI=1S/C15H19ClN2/c1-10-5-11(2)7-13(6-10)18-15-8-12(9-17)3-4-14(15)16/h3-4,8,10-11,13,18H,5-7H2,1-2H3. The summed E-state index contributed by atoms with van der Waals surface area (Å²) in [6, 6.07) is 8.00. The van der Waals surface area contributed by atoms with Crippen molar-refractivity contribution >= 4 is 17.3 Å². The van der Waals surface area contributed by atoms with Crippen molar-refractivity contribution in [2.45, 2.75) is 39.2 Å². The third kappa shape index (κ3) is 3.17. The number of halogens is 1. The maximum Gasteiger partial charge on any atom is 0.0992 e. The topological polar surface area (TPSA) is 35.8 Å². The van der Waals surface area contributed by atoms with E-state index in [0.29, 0.717) is 16.6 Å². The molecule has 0 aliphatic heterocycles. The van der Waals surface area contributed by atoms with Gasteiger partial charge < -0.3 is 5.32 Å². The largest absolute Gasteiger partial charge is 0.381 e. The molecule has 2 atom stereocenters. The van der Waals surface area contributed by atoms with Gasteiger partial charge in [-0.15, -0.1) is 0 Å². The molecule has 3 heteroatoms. The molecular weight excluding hydrogens is 244 g/mol. The predicted octanol–water partition coefficient (Wildman–Crippen LogP) is 4.45. The molecule has 0 bridgehead atoms. The Kier molecular flexibility index (Phi) is 4.14. The summed E-state index contributed by atoms with van der Waals surface area (Å²) in [5, 5.41) is 13.1. The maximum atomic E-state index is 8.92. The van der Waals surface area contributed by atoms with Crippen LogP contribution in [0.1, 0.15) is 38.7 Å². The van der Waals surface area contributed by atoms with Crippen molar-refractivity contribution in [2.24, 2.45) is 11.8 Å². The Morgan fingerprint density at radius 3 is 2.50 bits per heavy atom. The van der Waals surface area contributed by atoms with Crippen LogP contribution in [0.2, 0.25) is 5.02 Å². The first-order valence-electron chi connectivity index (χ1n) is 6.54. The van der Waals surface area contributed by atoms with E-state index in [1.165, 1.54) is 19.3 Å². The van der Waals surface area contributed by atoms with Crippen LogP contribution in [0.15, 0.2) is 18.2 Å². The summed E-state index contributed by atoms with van der Waals surface area (Å²) < 4.78 is 0. The monoisotopic (exact) mass is 262 g/mol. The van der Waals surface area contributed by atoms with E-state index in [1.807, 2.05) is 6.07 Å². The van der Waals surface area contributed by atoms with Gasteiger partial charge in [-0.2, -0.15) is 5.26 Å². The SMILES string of the molecule is CC1CC(C)CC(Nc2cc(C#N)ccc2Cl)C1. The molecule has 18 heavy (non-hydrogen) atoms. The number of hydrogen-bond acceptors (Lipinski definition) is 2. The molecule has 0 heterocycles. The molecule has 1 aromatic rings. The van der Waals surface area contributed by atoms with Crippen molar-refractivity contribution in [1.29, 1.82) is 5.26 Å². The fraction of sp³-hybridized carbons (Fsp3) is 0.533. The van der Waals surface area contributed by atoms with Crippen LogP contribution in [0.4, 0.5) is 5.69 Å². The zero-order chi connectivity index (χ0) is 13.1. The van der Waals surface area contributed by atoms with E-state index >= 15 is 0 Å². The molecule has 0 saturated heterocycles. The highest BCUT2D eigenvalue weighted by molar-refractivity contribution is 6.33. The maximum absolute atomic E-state index is 8.92. The van der Waals surface area contributed by atoms with Crippen molar-refractivity contribution < 1.29 is 0 Å². The van der Waals surface area contributed by atoms with Gasteiger partial charge in [-0.3, -0.25) is 0 Å². The molecule has 1 aromatic carbocycles. The van der Waals surface area contributed by atoms with E-state index in [9.17, 15) is 0 Å². The molecule has 0 amide bonds. The molecule has 1 aliphatic carbocycles. The van der Waals surface area contributed by atoms with Crippen LogP contribution in [0.25, 0.3) is 0 Å². The lowest BCUT2D eigenvalue weighted by atomic mass is 9.80. The Labute approximate surface area is 114 Å². The molecule has 2 rings (SSSR count). The highest BCUT2D eigenvalue weighted by atomic mass is 35.5. The number of benzene rings is 1. The summed E-state index contributed by atoms with van der Waals surface area (Å²) in [6.45, 7) is 4.61. The molecule has 1 aliphatic rings. The first-order valence-corrected chi connectivity index (χ1v) is 6.92. The molecule has 0 spiro atoms. The molecule has 96 valence electrons. The number of anilines is 1. The van der Waals surface area contributed by atoms with Crippen molar-refractivity contribution in [1.82, 2.24) is 0 Å². The van der Waals surface area contributed by atoms with Crippen LogP contribution in [-0.4, -0.2) is 6.04 Å². The average Bonchev–Trinajstić information content (AvgIpc) is 2.30. The molecule has 1 fully saturated rings. The second kappa shape index (κ2) is 5.63. The number of rotatable bonds is 2. The smallest absolute Gasteiger partial charge is 0.0992 e. The molecular formula is C15H19ClN2. The molecule has 0 radical (unpaired) electrons. The highest BCUT2D eigenvalue weighted by Gasteiger charge is 2.24. The van der Waals surface area contributed by atoms with E-state index in [2.05, 4.69) is 25.2 Å². The van der Waals surface area contributed by atoms with Gasteiger partial charge in [0.1, 0.15) is 0 Å². The third-order valence-electron chi connectivity index (χ3n) is 3.63. The molecule has 0 aromatic heterocycles. The Morgan fingerprint density at radius 2 is 1.89 bits per heavy atom. The first kappa shape index (κ1) is 13.2. The number of nitriles is 1. The molecule has 2 unspecified atom stereocenters. The Morgan fingerprint density at radius 1 is 1.22 bits per heavy atom.